The number of halogens is 2. The van der Waals surface area contributed by atoms with Crippen molar-refractivity contribution in [1.29, 1.82) is 0 Å². The van der Waals surface area contributed by atoms with Gasteiger partial charge in [0.25, 0.3) is 0 Å². The smallest absolute Gasteiger partial charge is 0.180 e. The molecule has 0 unspecified atom stereocenters. The molecule has 0 saturated carbocycles. The lowest BCUT2D eigenvalue weighted by Gasteiger charge is -2.16. The predicted octanol–water partition coefficient (Wildman–Crippen LogP) is 7.03. The van der Waals surface area contributed by atoms with E-state index >= 15 is 0 Å². The monoisotopic (exact) mass is 449 g/mol. The van der Waals surface area contributed by atoms with Gasteiger partial charge in [0.2, 0.25) is 0 Å². The van der Waals surface area contributed by atoms with Crippen molar-refractivity contribution in [2.24, 2.45) is 0 Å². The van der Waals surface area contributed by atoms with Gasteiger partial charge < -0.3 is 14.8 Å². The number of hydrogen-bond acceptors (Lipinski definition) is 3. The summed E-state index contributed by atoms with van der Waals surface area (Å²) >= 11 is 6.55. The number of benzene rings is 2. The van der Waals surface area contributed by atoms with E-state index < -0.39 is 0 Å². The van der Waals surface area contributed by atoms with Crippen LogP contribution in [0.3, 0.4) is 0 Å². The van der Waals surface area contributed by atoms with Crippen LogP contribution >= 0.6 is 24.0 Å². The minimum absolute atomic E-state index is 0. The molecule has 30 heavy (non-hydrogen) atoms. The Morgan fingerprint density at radius 1 is 1.03 bits per heavy atom. The summed E-state index contributed by atoms with van der Waals surface area (Å²) in [7, 11) is 0. The lowest BCUT2D eigenvalue weighted by atomic mass is 9.97. The molecule has 0 amide bonds. The van der Waals surface area contributed by atoms with Crippen LogP contribution in [0.15, 0.2) is 48.0 Å². The molecule has 3 rings (SSSR count). The molecule has 2 aromatic rings. The molecule has 2 aromatic carbocycles. The van der Waals surface area contributed by atoms with Crippen molar-refractivity contribution in [3.8, 4) is 11.5 Å². The van der Waals surface area contributed by atoms with Crippen molar-refractivity contribution < 1.29 is 9.47 Å². The molecule has 0 aromatic heterocycles. The first-order valence-corrected chi connectivity index (χ1v) is 11.1. The largest absolute Gasteiger partial charge is 0.490 e. The number of aryl methyl sites for hydroxylation is 1. The van der Waals surface area contributed by atoms with E-state index in [2.05, 4.69) is 42.6 Å². The molecular formula is C25H33Cl2NO2. The predicted molar refractivity (Wildman–Crippen MR) is 128 cm³/mol. The van der Waals surface area contributed by atoms with Gasteiger partial charge in [0.15, 0.2) is 11.5 Å². The molecule has 0 spiro atoms. The Labute approximate surface area is 192 Å². The van der Waals surface area contributed by atoms with Crippen LogP contribution in [0.25, 0.3) is 0 Å². The molecular weight excluding hydrogens is 417 g/mol. The highest BCUT2D eigenvalue weighted by atomic mass is 35.5. The van der Waals surface area contributed by atoms with Gasteiger partial charge in [-0.25, -0.2) is 0 Å². The average molecular weight is 450 g/mol. The van der Waals surface area contributed by atoms with Gasteiger partial charge in [-0.15, -0.1) is 12.4 Å². The highest BCUT2D eigenvalue weighted by Crippen LogP contribution is 2.37. The molecule has 1 aliphatic rings. The Morgan fingerprint density at radius 3 is 2.53 bits per heavy atom. The number of nitrogens with one attached hydrogen (secondary N) is 1. The van der Waals surface area contributed by atoms with E-state index in [0.29, 0.717) is 29.7 Å². The van der Waals surface area contributed by atoms with Gasteiger partial charge in [-0.05, 0) is 75.8 Å². The Balaban J connectivity index is 0.00000320. The van der Waals surface area contributed by atoms with Crippen molar-refractivity contribution in [3.05, 3.63) is 69.8 Å². The molecule has 0 radical (unpaired) electrons. The maximum atomic E-state index is 6.55. The van der Waals surface area contributed by atoms with E-state index in [-0.39, 0.29) is 12.4 Å². The number of rotatable bonds is 10. The fourth-order valence-electron chi connectivity index (χ4n) is 3.58. The Hall–Kier alpha value is -1.68. The molecule has 0 aliphatic heterocycles. The quantitative estimate of drug-likeness (QED) is 0.311. The van der Waals surface area contributed by atoms with Gasteiger partial charge in [0.1, 0.15) is 6.61 Å². The first-order chi connectivity index (χ1) is 14.2. The van der Waals surface area contributed by atoms with Crippen molar-refractivity contribution in [3.63, 3.8) is 0 Å². The maximum absolute atomic E-state index is 6.55. The summed E-state index contributed by atoms with van der Waals surface area (Å²) in [5, 5.41) is 4.12. The summed E-state index contributed by atoms with van der Waals surface area (Å²) in [5.74, 6) is 1.32. The maximum Gasteiger partial charge on any atom is 0.180 e. The van der Waals surface area contributed by atoms with Gasteiger partial charge >= 0.3 is 0 Å². The number of ether oxygens (including phenoxy) is 2. The normalized spacial score (nSPS) is 13.4. The van der Waals surface area contributed by atoms with Crippen LogP contribution in [0.1, 0.15) is 55.7 Å². The van der Waals surface area contributed by atoms with E-state index in [9.17, 15) is 0 Å². The van der Waals surface area contributed by atoms with E-state index in [1.54, 1.807) is 5.57 Å². The fraction of sp³-hybridized carbons (Fsp3) is 0.440. The van der Waals surface area contributed by atoms with Crippen molar-refractivity contribution in [2.75, 3.05) is 13.2 Å². The third kappa shape index (κ3) is 7.54. The minimum atomic E-state index is 0. The van der Waals surface area contributed by atoms with Gasteiger partial charge in [0.05, 0.1) is 11.6 Å². The SMILES string of the molecule is CCOc1cc(CNCCC2=CCCCC2)cc(Cl)c1OCc1ccc(C)cc1.Cl. The summed E-state index contributed by atoms with van der Waals surface area (Å²) in [6, 6.07) is 12.3. The van der Waals surface area contributed by atoms with Gasteiger partial charge in [-0.2, -0.15) is 0 Å². The molecule has 1 N–H and O–H groups in total. The van der Waals surface area contributed by atoms with Gasteiger partial charge in [-0.3, -0.25) is 0 Å². The zero-order valence-electron chi connectivity index (χ0n) is 18.0. The van der Waals surface area contributed by atoms with Crippen LogP contribution in [0.5, 0.6) is 11.5 Å². The van der Waals surface area contributed by atoms with Crippen molar-refractivity contribution in [1.82, 2.24) is 5.32 Å². The number of allylic oxidation sites excluding steroid dienone is 1. The van der Waals surface area contributed by atoms with Gasteiger partial charge in [-0.1, -0.05) is 53.1 Å². The van der Waals surface area contributed by atoms with E-state index in [1.807, 2.05) is 19.1 Å². The van der Waals surface area contributed by atoms with Crippen LogP contribution in [-0.2, 0) is 13.2 Å². The topological polar surface area (TPSA) is 30.5 Å². The van der Waals surface area contributed by atoms with E-state index in [0.717, 1.165) is 30.6 Å². The molecule has 1 aliphatic carbocycles. The summed E-state index contributed by atoms with van der Waals surface area (Å²) in [6.07, 6.45) is 8.72. The molecule has 0 bridgehead atoms. The molecule has 0 heterocycles. The molecule has 0 atom stereocenters. The number of hydrogen-bond donors (Lipinski definition) is 1. The summed E-state index contributed by atoms with van der Waals surface area (Å²) < 4.78 is 11.8. The molecule has 164 valence electrons. The third-order valence-corrected chi connectivity index (χ3v) is 5.49. The molecule has 0 saturated heterocycles. The Kier molecular flexibility index (Phi) is 10.6. The first kappa shape index (κ1) is 24.6. The van der Waals surface area contributed by atoms with Crippen molar-refractivity contribution in [2.45, 2.75) is 59.1 Å². The van der Waals surface area contributed by atoms with Crippen LogP contribution in [0, 0.1) is 6.92 Å². The van der Waals surface area contributed by atoms with E-state index in [1.165, 1.54) is 31.2 Å². The zero-order chi connectivity index (χ0) is 20.5. The molecule has 3 nitrogen and oxygen atoms in total. The van der Waals surface area contributed by atoms with Gasteiger partial charge in [0, 0.05) is 6.54 Å². The fourth-order valence-corrected chi connectivity index (χ4v) is 3.87. The van der Waals surface area contributed by atoms with Crippen LogP contribution in [0.4, 0.5) is 0 Å². The molecule has 0 fully saturated rings. The Morgan fingerprint density at radius 2 is 1.83 bits per heavy atom. The van der Waals surface area contributed by atoms with Crippen LogP contribution in [-0.4, -0.2) is 13.2 Å². The highest BCUT2D eigenvalue weighted by molar-refractivity contribution is 6.32. The molecule has 5 heteroatoms. The lowest BCUT2D eigenvalue weighted by molar-refractivity contribution is 0.269. The second-order valence-electron chi connectivity index (χ2n) is 7.65. The summed E-state index contributed by atoms with van der Waals surface area (Å²) in [5.41, 5.74) is 5.05. The first-order valence-electron chi connectivity index (χ1n) is 10.7. The average Bonchev–Trinajstić information content (AvgIpc) is 2.73. The highest BCUT2D eigenvalue weighted by Gasteiger charge is 2.13. The summed E-state index contributed by atoms with van der Waals surface area (Å²) in [4.78, 5) is 0. The lowest BCUT2D eigenvalue weighted by Crippen LogP contribution is -2.16. The Bertz CT molecular complexity index is 819. The van der Waals surface area contributed by atoms with E-state index in [4.69, 9.17) is 21.1 Å². The third-order valence-electron chi connectivity index (χ3n) is 5.21. The minimum Gasteiger partial charge on any atom is -0.490 e. The second kappa shape index (κ2) is 12.9. The zero-order valence-corrected chi connectivity index (χ0v) is 19.6. The van der Waals surface area contributed by atoms with Crippen molar-refractivity contribution >= 4 is 24.0 Å². The second-order valence-corrected chi connectivity index (χ2v) is 8.05. The van der Waals surface area contributed by atoms with Crippen LogP contribution < -0.4 is 14.8 Å². The van der Waals surface area contributed by atoms with Crippen LogP contribution in [0.2, 0.25) is 5.02 Å². The summed E-state index contributed by atoms with van der Waals surface area (Å²) in [6.45, 7) is 6.84. The standard InChI is InChI=1S/C25H32ClNO2.ClH/c1-3-28-24-16-22(17-27-14-13-20-7-5-4-6-8-20)15-23(26)25(24)29-18-21-11-9-19(2)10-12-21;/h7,9-12,15-16,27H,3-6,8,13-14,17-18H2,1-2H3;1H.